The van der Waals surface area contributed by atoms with Gasteiger partial charge >= 0.3 is 0 Å². The van der Waals surface area contributed by atoms with Gasteiger partial charge in [-0.1, -0.05) is 352 Å². The van der Waals surface area contributed by atoms with E-state index in [-0.39, 0.29) is 0 Å². The molecular weight excluding hydrogens is 1470 g/mol. The molecule has 24 aromatic rings. The van der Waals surface area contributed by atoms with Gasteiger partial charge in [0.05, 0.1) is 55.0 Å². The summed E-state index contributed by atoms with van der Waals surface area (Å²) in [6, 6.07) is 171. The summed E-state index contributed by atoms with van der Waals surface area (Å²) in [4.78, 5) is 0. The first-order valence-corrected chi connectivity index (χ1v) is 42.4. The second-order valence-electron chi connectivity index (χ2n) is 32.9. The van der Waals surface area contributed by atoms with Crippen LogP contribution in [0.2, 0.25) is 0 Å². The molecule has 4 nitrogen and oxygen atoms in total. The zero-order valence-corrected chi connectivity index (χ0v) is 66.7. The summed E-state index contributed by atoms with van der Waals surface area (Å²) in [6.45, 7) is 0. The van der Waals surface area contributed by atoms with Gasteiger partial charge in [0.2, 0.25) is 0 Å². The second-order valence-corrected chi connectivity index (χ2v) is 32.9. The highest BCUT2D eigenvalue weighted by Crippen LogP contribution is 2.61. The molecule has 0 spiro atoms. The third-order valence-corrected chi connectivity index (χ3v) is 26.7. The minimum atomic E-state index is -0.540. The summed E-state index contributed by atoms with van der Waals surface area (Å²) < 4.78 is 9.87. The van der Waals surface area contributed by atoms with E-state index in [2.05, 4.69) is 479 Å². The fourth-order valence-electron chi connectivity index (χ4n) is 21.6. The van der Waals surface area contributed by atoms with E-state index in [1.165, 1.54) is 209 Å². The van der Waals surface area contributed by atoms with Gasteiger partial charge in [0, 0.05) is 77.0 Å². The largest absolute Gasteiger partial charge is 0.309 e. The van der Waals surface area contributed by atoms with Gasteiger partial charge in [-0.05, 0) is 209 Å². The topological polar surface area (TPSA) is 19.7 Å². The van der Waals surface area contributed by atoms with Crippen LogP contribution >= 0.6 is 0 Å². The lowest BCUT2D eigenvalue weighted by Gasteiger charge is -2.34. The van der Waals surface area contributed by atoms with Crippen LogP contribution in [-0.2, 0) is 10.8 Å². The zero-order chi connectivity index (χ0) is 80.1. The lowest BCUT2D eigenvalue weighted by molar-refractivity contribution is 0.769. The van der Waals surface area contributed by atoms with Crippen molar-refractivity contribution in [2.24, 2.45) is 0 Å². The van der Waals surface area contributed by atoms with Crippen LogP contribution < -0.4 is 0 Å². The quantitative estimate of drug-likeness (QED) is 0.130. The molecule has 0 bridgehead atoms. The van der Waals surface area contributed by atoms with Gasteiger partial charge in [0.25, 0.3) is 0 Å². The molecule has 0 N–H and O–H groups in total. The summed E-state index contributed by atoms with van der Waals surface area (Å²) in [6.07, 6.45) is 0. The van der Waals surface area contributed by atoms with Crippen LogP contribution in [0.15, 0.2) is 461 Å². The molecule has 122 heavy (non-hydrogen) atoms. The molecule has 4 heterocycles. The first-order chi connectivity index (χ1) is 60.5. The van der Waals surface area contributed by atoms with E-state index >= 15 is 0 Å². The molecule has 0 saturated carbocycles. The minimum Gasteiger partial charge on any atom is -0.309 e. The number of nitrogens with zero attached hydrogens (tertiary/aromatic N) is 4. The molecule has 26 rings (SSSR count). The van der Waals surface area contributed by atoms with E-state index < -0.39 is 10.8 Å². The van der Waals surface area contributed by atoms with Crippen molar-refractivity contribution in [1.82, 2.24) is 18.3 Å². The van der Waals surface area contributed by atoms with Crippen LogP contribution in [0.3, 0.4) is 0 Å². The fourth-order valence-corrected chi connectivity index (χ4v) is 21.6. The molecule has 0 amide bonds. The average Bonchev–Trinajstić information content (AvgIpc) is 1.52. The van der Waals surface area contributed by atoms with Crippen LogP contribution in [0.1, 0.15) is 44.5 Å². The van der Waals surface area contributed by atoms with Crippen molar-refractivity contribution >= 4 is 109 Å². The fraction of sp³-hybridized carbons (Fsp3) is 0.0169. The van der Waals surface area contributed by atoms with Gasteiger partial charge in [-0.15, -0.1) is 0 Å². The standard InChI is InChI=1S/2C59H38N2/c1-4-18-43(19-5-1)59(44-20-6-2-7-21-44)52-26-14-12-25-49(52)57-53(59)33-32-48-51-38-42(30-35-56(51)61(58(48)57)45-22-8-3-9-23-45)41-29-34-55-50(37-41)47-24-13-15-27-54(47)60(55)46-31-28-39-16-10-11-17-40(39)36-46;1-4-18-43(19-5-1)59(44-20-6-2-7-21-44)53-26-14-12-24-47(53)49-32-33-50-52-38-42(30-35-56(52)61(58(50)57(49)59)45-22-8-3-9-23-45)41-29-34-55-51(37-41)48-25-13-15-27-54(48)60(55)46-31-28-39-16-10-11-17-40(39)36-46/h2*1-38H. The van der Waals surface area contributed by atoms with Crippen molar-refractivity contribution in [3.63, 3.8) is 0 Å². The Bertz CT molecular complexity index is 8280. The lowest BCUT2D eigenvalue weighted by atomic mass is 9.67. The van der Waals surface area contributed by atoms with Crippen LogP contribution in [0.4, 0.5) is 0 Å². The van der Waals surface area contributed by atoms with E-state index in [0.717, 1.165) is 11.4 Å². The third-order valence-electron chi connectivity index (χ3n) is 26.7. The molecule has 0 atom stereocenters. The Hall–Kier alpha value is -15.9. The first kappa shape index (κ1) is 69.3. The zero-order valence-electron chi connectivity index (χ0n) is 66.7. The van der Waals surface area contributed by atoms with Gasteiger partial charge in [0.1, 0.15) is 0 Å². The molecule has 0 unspecified atom stereocenters. The number of aromatic nitrogens is 4. The normalized spacial score (nSPS) is 13.0. The Kier molecular flexibility index (Phi) is 15.5. The molecule has 4 heteroatoms. The van der Waals surface area contributed by atoms with Gasteiger partial charge in [-0.2, -0.15) is 0 Å². The summed E-state index contributed by atoms with van der Waals surface area (Å²) >= 11 is 0. The Morgan fingerprint density at radius 2 is 0.500 bits per heavy atom. The van der Waals surface area contributed by atoms with Gasteiger partial charge in [-0.3, -0.25) is 0 Å². The van der Waals surface area contributed by atoms with Crippen LogP contribution in [0.25, 0.3) is 176 Å². The highest BCUT2D eigenvalue weighted by Gasteiger charge is 2.50. The highest BCUT2D eigenvalue weighted by atomic mass is 15.0. The summed E-state index contributed by atoms with van der Waals surface area (Å²) in [5.41, 5.74) is 33.6. The lowest BCUT2D eigenvalue weighted by Crippen LogP contribution is -2.29. The van der Waals surface area contributed by atoms with Crippen LogP contribution in [0.5, 0.6) is 0 Å². The molecule has 20 aromatic carbocycles. The second kappa shape index (κ2) is 27.4. The monoisotopic (exact) mass is 1550 g/mol. The molecule has 568 valence electrons. The number of benzene rings is 20. The predicted molar refractivity (Wildman–Crippen MR) is 511 cm³/mol. The number of para-hydroxylation sites is 4. The maximum atomic E-state index is 2.53. The van der Waals surface area contributed by atoms with Crippen molar-refractivity contribution < 1.29 is 0 Å². The number of hydrogen-bond acceptors (Lipinski definition) is 0. The number of hydrogen-bond donors (Lipinski definition) is 0. The van der Waals surface area contributed by atoms with Gasteiger partial charge in [0.15, 0.2) is 0 Å². The van der Waals surface area contributed by atoms with Crippen LogP contribution in [-0.4, -0.2) is 18.3 Å². The Morgan fingerprint density at radius 1 is 0.164 bits per heavy atom. The molecule has 4 aromatic heterocycles. The maximum absolute atomic E-state index is 2.53. The molecule has 2 aliphatic carbocycles. The third kappa shape index (κ3) is 10.2. The molecular formula is C118H76N4. The smallest absolute Gasteiger partial charge is 0.0734 e. The van der Waals surface area contributed by atoms with E-state index in [1.807, 2.05) is 0 Å². The summed E-state index contributed by atoms with van der Waals surface area (Å²) in [7, 11) is 0. The number of fused-ring (bicyclic) bond motifs is 22. The molecule has 0 fully saturated rings. The molecule has 2 aliphatic rings. The van der Waals surface area contributed by atoms with Crippen molar-refractivity contribution in [3.8, 4) is 67.3 Å². The van der Waals surface area contributed by atoms with E-state index in [4.69, 9.17) is 0 Å². The Labute approximate surface area is 705 Å². The van der Waals surface area contributed by atoms with Crippen molar-refractivity contribution in [2.75, 3.05) is 0 Å². The van der Waals surface area contributed by atoms with E-state index in [9.17, 15) is 0 Å². The first-order valence-electron chi connectivity index (χ1n) is 42.4. The van der Waals surface area contributed by atoms with E-state index in [0.29, 0.717) is 0 Å². The highest BCUT2D eigenvalue weighted by molar-refractivity contribution is 6.19. The predicted octanol–water partition coefficient (Wildman–Crippen LogP) is 30.1. The van der Waals surface area contributed by atoms with E-state index in [1.54, 1.807) is 0 Å². The van der Waals surface area contributed by atoms with Crippen molar-refractivity contribution in [1.29, 1.82) is 0 Å². The summed E-state index contributed by atoms with van der Waals surface area (Å²) in [5, 5.41) is 15.0. The number of rotatable bonds is 10. The molecule has 0 aliphatic heterocycles. The maximum Gasteiger partial charge on any atom is 0.0734 e. The SMILES string of the molecule is c1ccc(-n2c3ccc(-c4ccc5c(c4)c4ccccc4n5-c4ccc5ccccc5c4)cc3c3ccc4c(c32)-c2ccccc2C4(c2ccccc2)c2ccccc2)cc1.c1ccc(-n2c3ccc(-c4ccc5c(c4)c4ccccc4n5-c4ccc5ccccc5c4)cc3c3ccc4c(c32)C(c2ccccc2)(c2ccccc2)c2ccccc2-4)cc1. The van der Waals surface area contributed by atoms with Crippen LogP contribution in [0, 0.1) is 0 Å². The van der Waals surface area contributed by atoms with Gasteiger partial charge in [-0.25, -0.2) is 0 Å². The summed E-state index contributed by atoms with van der Waals surface area (Å²) in [5.74, 6) is 0. The average molecular weight is 1550 g/mol. The molecule has 0 radical (unpaired) electrons. The van der Waals surface area contributed by atoms with Crippen molar-refractivity contribution in [3.05, 3.63) is 506 Å². The van der Waals surface area contributed by atoms with Crippen molar-refractivity contribution in [2.45, 2.75) is 10.8 Å². The molecule has 0 saturated heterocycles. The Balaban J connectivity index is 0.000000134. The minimum absolute atomic E-state index is 0.479. The van der Waals surface area contributed by atoms with Gasteiger partial charge < -0.3 is 18.3 Å². The Morgan fingerprint density at radius 3 is 0.967 bits per heavy atom.